The van der Waals surface area contributed by atoms with E-state index < -0.39 is 5.97 Å². The van der Waals surface area contributed by atoms with Gasteiger partial charge in [0.05, 0.1) is 12.7 Å². The van der Waals surface area contributed by atoms with Gasteiger partial charge in [0.2, 0.25) is 0 Å². The minimum atomic E-state index is -0.480. The highest BCUT2D eigenvalue weighted by Crippen LogP contribution is 2.32. The van der Waals surface area contributed by atoms with Gasteiger partial charge in [-0.2, -0.15) is 0 Å². The minimum absolute atomic E-state index is 0.298. The highest BCUT2D eigenvalue weighted by atomic mass is 32.2. The van der Waals surface area contributed by atoms with Gasteiger partial charge in [-0.1, -0.05) is 12.1 Å². The highest BCUT2D eigenvalue weighted by molar-refractivity contribution is 7.98. The maximum atomic E-state index is 11.6. The van der Waals surface area contributed by atoms with E-state index in [-0.39, 0.29) is 0 Å². The van der Waals surface area contributed by atoms with Crippen molar-refractivity contribution in [3.05, 3.63) is 48.0 Å². The van der Waals surface area contributed by atoms with Crippen LogP contribution in [0.5, 0.6) is 11.5 Å². The molecule has 0 unspecified atom stereocenters. The first-order chi connectivity index (χ1) is 9.65. The molecule has 0 heterocycles. The predicted molar refractivity (Wildman–Crippen MR) is 80.5 cm³/mol. The number of hydrogen-bond donors (Lipinski definition) is 1. The number of esters is 1. The fourth-order valence-electron chi connectivity index (χ4n) is 1.72. The number of nitrogen functional groups attached to an aromatic ring is 1. The molecular formula is C15H15NO3S. The second kappa shape index (κ2) is 6.34. The second-order valence-electron chi connectivity index (χ2n) is 3.99. The van der Waals surface area contributed by atoms with Gasteiger partial charge in [-0.3, -0.25) is 0 Å². The molecular weight excluding hydrogens is 274 g/mol. The van der Waals surface area contributed by atoms with Crippen molar-refractivity contribution in [2.24, 2.45) is 0 Å². The van der Waals surface area contributed by atoms with Gasteiger partial charge >= 0.3 is 5.97 Å². The van der Waals surface area contributed by atoms with Gasteiger partial charge in [0.25, 0.3) is 0 Å². The number of anilines is 1. The van der Waals surface area contributed by atoms with Crippen molar-refractivity contribution in [1.82, 2.24) is 0 Å². The van der Waals surface area contributed by atoms with Crippen LogP contribution in [0.4, 0.5) is 5.69 Å². The van der Waals surface area contributed by atoms with Crippen molar-refractivity contribution in [1.29, 1.82) is 0 Å². The molecule has 0 radical (unpaired) electrons. The number of ether oxygens (including phenoxy) is 2. The maximum Gasteiger partial charge on any atom is 0.340 e. The molecule has 0 saturated heterocycles. The Bertz CT molecular complexity index is 628. The Balaban J connectivity index is 2.32. The fraction of sp³-hybridized carbons (Fsp3) is 0.133. The summed E-state index contributed by atoms with van der Waals surface area (Å²) >= 11 is 1.59. The van der Waals surface area contributed by atoms with Crippen LogP contribution in [0, 0.1) is 0 Å². The lowest BCUT2D eigenvalue weighted by molar-refractivity contribution is 0.0601. The largest absolute Gasteiger partial charge is 0.465 e. The van der Waals surface area contributed by atoms with Crippen LogP contribution in [0.25, 0.3) is 0 Å². The Labute approximate surface area is 121 Å². The molecule has 0 spiro atoms. The zero-order chi connectivity index (χ0) is 14.5. The third-order valence-electron chi connectivity index (χ3n) is 2.73. The predicted octanol–water partition coefficient (Wildman–Crippen LogP) is 3.57. The molecule has 2 aromatic rings. The van der Waals surface area contributed by atoms with E-state index in [9.17, 15) is 4.79 Å². The van der Waals surface area contributed by atoms with E-state index in [1.54, 1.807) is 30.0 Å². The average molecular weight is 289 g/mol. The number of carbonyl (C=O) groups is 1. The van der Waals surface area contributed by atoms with Gasteiger partial charge < -0.3 is 15.2 Å². The lowest BCUT2D eigenvalue weighted by Crippen LogP contribution is -2.05. The molecule has 0 aliphatic heterocycles. The van der Waals surface area contributed by atoms with E-state index in [0.29, 0.717) is 17.0 Å². The lowest BCUT2D eigenvalue weighted by atomic mass is 10.1. The van der Waals surface area contributed by atoms with Crippen LogP contribution in [0.3, 0.4) is 0 Å². The van der Waals surface area contributed by atoms with Crippen LogP contribution in [-0.4, -0.2) is 19.3 Å². The van der Waals surface area contributed by atoms with Crippen LogP contribution in [0.1, 0.15) is 10.4 Å². The van der Waals surface area contributed by atoms with E-state index >= 15 is 0 Å². The SMILES string of the molecule is COC(=O)c1cc(Oc2ccccc2SC)ccc1N. The second-order valence-corrected chi connectivity index (χ2v) is 4.84. The third-order valence-corrected chi connectivity index (χ3v) is 3.50. The summed E-state index contributed by atoms with van der Waals surface area (Å²) in [7, 11) is 1.32. The summed E-state index contributed by atoms with van der Waals surface area (Å²) in [6, 6.07) is 12.6. The number of methoxy groups -OCH3 is 1. The molecule has 5 heteroatoms. The highest BCUT2D eigenvalue weighted by Gasteiger charge is 2.12. The fourth-order valence-corrected chi connectivity index (χ4v) is 2.24. The zero-order valence-corrected chi connectivity index (χ0v) is 12.1. The Morgan fingerprint density at radius 3 is 2.65 bits per heavy atom. The van der Waals surface area contributed by atoms with Crippen molar-refractivity contribution < 1.29 is 14.3 Å². The van der Waals surface area contributed by atoms with Gasteiger partial charge in [0.1, 0.15) is 11.5 Å². The van der Waals surface area contributed by atoms with Crippen molar-refractivity contribution in [3.63, 3.8) is 0 Å². The summed E-state index contributed by atoms with van der Waals surface area (Å²) < 4.78 is 10.5. The zero-order valence-electron chi connectivity index (χ0n) is 11.3. The lowest BCUT2D eigenvalue weighted by Gasteiger charge is -2.11. The molecule has 20 heavy (non-hydrogen) atoms. The van der Waals surface area contributed by atoms with Crippen molar-refractivity contribution in [3.8, 4) is 11.5 Å². The van der Waals surface area contributed by atoms with Crippen LogP contribution >= 0.6 is 11.8 Å². The first-order valence-corrected chi connectivity index (χ1v) is 7.17. The minimum Gasteiger partial charge on any atom is -0.465 e. The van der Waals surface area contributed by atoms with Crippen molar-refractivity contribution >= 4 is 23.4 Å². The Kier molecular flexibility index (Phi) is 4.53. The average Bonchev–Trinajstić information content (AvgIpc) is 2.49. The Morgan fingerprint density at radius 2 is 1.95 bits per heavy atom. The standard InChI is InChI=1S/C15H15NO3S/c1-18-15(17)11-9-10(7-8-12(11)16)19-13-5-3-4-6-14(13)20-2/h3-9H,16H2,1-2H3. The van der Waals surface area contributed by atoms with E-state index in [2.05, 4.69) is 4.74 Å². The van der Waals surface area contributed by atoms with Crippen molar-refractivity contribution in [2.45, 2.75) is 4.90 Å². The van der Waals surface area contributed by atoms with E-state index in [4.69, 9.17) is 10.5 Å². The molecule has 2 rings (SSSR count). The quantitative estimate of drug-likeness (QED) is 0.529. The number of carbonyl (C=O) groups excluding carboxylic acids is 1. The van der Waals surface area contributed by atoms with Gasteiger partial charge in [-0.25, -0.2) is 4.79 Å². The third kappa shape index (κ3) is 3.05. The van der Waals surface area contributed by atoms with Crippen LogP contribution in [0.15, 0.2) is 47.4 Å². The Hall–Kier alpha value is -2.14. The molecule has 0 fully saturated rings. The molecule has 2 aromatic carbocycles. The summed E-state index contributed by atoms with van der Waals surface area (Å²) in [6.07, 6.45) is 1.98. The number of thioether (sulfide) groups is 1. The number of para-hydroxylation sites is 1. The van der Waals surface area contributed by atoms with Crippen LogP contribution < -0.4 is 10.5 Å². The number of rotatable bonds is 4. The van der Waals surface area contributed by atoms with E-state index in [0.717, 1.165) is 10.6 Å². The molecule has 0 aliphatic carbocycles. The molecule has 4 nitrogen and oxygen atoms in total. The monoisotopic (exact) mass is 289 g/mol. The van der Waals surface area contributed by atoms with Gasteiger partial charge in [-0.05, 0) is 36.6 Å². The topological polar surface area (TPSA) is 61.5 Å². The summed E-state index contributed by atoms with van der Waals surface area (Å²) in [4.78, 5) is 12.6. The molecule has 0 saturated carbocycles. The normalized spacial score (nSPS) is 10.1. The maximum absolute atomic E-state index is 11.6. The smallest absolute Gasteiger partial charge is 0.340 e. The first-order valence-electron chi connectivity index (χ1n) is 5.94. The van der Waals surface area contributed by atoms with Gasteiger partial charge in [0.15, 0.2) is 0 Å². The van der Waals surface area contributed by atoms with E-state index in [1.165, 1.54) is 7.11 Å². The molecule has 0 aromatic heterocycles. The molecule has 2 N–H and O–H groups in total. The molecule has 104 valence electrons. The van der Waals surface area contributed by atoms with Crippen LogP contribution in [0.2, 0.25) is 0 Å². The summed E-state index contributed by atoms with van der Waals surface area (Å²) in [5.41, 5.74) is 6.42. The summed E-state index contributed by atoms with van der Waals surface area (Å²) in [5.74, 6) is 0.799. The number of benzene rings is 2. The van der Waals surface area contributed by atoms with Gasteiger partial charge in [-0.15, -0.1) is 11.8 Å². The summed E-state index contributed by atoms with van der Waals surface area (Å²) in [6.45, 7) is 0. The van der Waals surface area contributed by atoms with Crippen molar-refractivity contribution in [2.75, 3.05) is 19.1 Å². The van der Waals surface area contributed by atoms with E-state index in [1.807, 2.05) is 30.5 Å². The Morgan fingerprint density at radius 1 is 1.20 bits per heavy atom. The number of nitrogens with two attached hydrogens (primary N) is 1. The molecule has 0 amide bonds. The molecule has 0 bridgehead atoms. The summed E-state index contributed by atoms with van der Waals surface area (Å²) in [5, 5.41) is 0. The first kappa shape index (κ1) is 14.3. The number of hydrogen-bond acceptors (Lipinski definition) is 5. The molecule has 0 atom stereocenters. The van der Waals surface area contributed by atoms with Crippen LogP contribution in [-0.2, 0) is 4.74 Å². The molecule has 0 aliphatic rings. The van der Waals surface area contributed by atoms with Gasteiger partial charge in [0, 0.05) is 10.6 Å².